The molecule has 0 bridgehead atoms. The Labute approximate surface area is 187 Å². The molecule has 0 aromatic carbocycles. The van der Waals surface area contributed by atoms with E-state index in [-0.39, 0.29) is 17.8 Å². The third-order valence-corrected chi connectivity index (χ3v) is 8.76. The van der Waals surface area contributed by atoms with Gasteiger partial charge in [-0.1, -0.05) is 43.7 Å². The Morgan fingerprint density at radius 3 is 2.55 bits per heavy atom. The molecular weight excluding hydrogens is 394 g/mol. The first kappa shape index (κ1) is 24.6. The van der Waals surface area contributed by atoms with Crippen LogP contribution in [0.4, 0.5) is 8.78 Å². The fourth-order valence-electron chi connectivity index (χ4n) is 6.49. The second kappa shape index (κ2) is 9.09. The largest absolute Gasteiger partial charge is 0.388 e. The van der Waals surface area contributed by atoms with Gasteiger partial charge in [0.1, 0.15) is 5.60 Å². The van der Waals surface area contributed by atoms with E-state index in [0.717, 1.165) is 44.1 Å². The SMILES string of the molecule is C=C1CC/C(=C/C=C2\CCC[C@@]3(C)C2CCC3C(C)CCC(F)(F)C(C)(C)O)C[C@H]1O. The van der Waals surface area contributed by atoms with Crippen molar-refractivity contribution in [2.45, 2.75) is 110 Å². The molecule has 0 saturated heterocycles. The highest BCUT2D eigenvalue weighted by atomic mass is 19.3. The summed E-state index contributed by atoms with van der Waals surface area (Å²) in [5.41, 5.74) is 1.96. The molecule has 3 rings (SSSR count). The second-order valence-electron chi connectivity index (χ2n) is 11.3. The average molecular weight is 437 g/mol. The molecule has 0 radical (unpaired) electrons. The molecular formula is C27H42F2O2. The van der Waals surface area contributed by atoms with Crippen molar-refractivity contribution < 1.29 is 19.0 Å². The third-order valence-electron chi connectivity index (χ3n) is 8.76. The van der Waals surface area contributed by atoms with Crippen LogP contribution in [0.3, 0.4) is 0 Å². The molecule has 3 unspecified atom stereocenters. The van der Waals surface area contributed by atoms with Crippen LogP contribution in [0.15, 0.2) is 35.5 Å². The van der Waals surface area contributed by atoms with Crippen LogP contribution in [-0.2, 0) is 0 Å². The van der Waals surface area contributed by atoms with E-state index in [1.165, 1.54) is 31.4 Å². The lowest BCUT2D eigenvalue weighted by atomic mass is 9.60. The van der Waals surface area contributed by atoms with Gasteiger partial charge < -0.3 is 10.2 Å². The summed E-state index contributed by atoms with van der Waals surface area (Å²) in [6, 6.07) is 0. The quantitative estimate of drug-likeness (QED) is 0.441. The highest BCUT2D eigenvalue weighted by molar-refractivity contribution is 5.28. The van der Waals surface area contributed by atoms with E-state index in [1.54, 1.807) is 0 Å². The monoisotopic (exact) mass is 436 g/mol. The van der Waals surface area contributed by atoms with E-state index in [4.69, 9.17) is 0 Å². The minimum absolute atomic E-state index is 0.173. The van der Waals surface area contributed by atoms with Crippen LogP contribution in [0.25, 0.3) is 0 Å². The molecule has 3 aliphatic carbocycles. The molecule has 3 saturated carbocycles. The van der Waals surface area contributed by atoms with Gasteiger partial charge in [0.2, 0.25) is 0 Å². The molecule has 2 N–H and O–H groups in total. The van der Waals surface area contributed by atoms with Gasteiger partial charge in [0.15, 0.2) is 0 Å². The van der Waals surface area contributed by atoms with Crippen LogP contribution >= 0.6 is 0 Å². The van der Waals surface area contributed by atoms with Crippen molar-refractivity contribution in [1.82, 2.24) is 0 Å². The van der Waals surface area contributed by atoms with Gasteiger partial charge in [-0.2, -0.15) is 0 Å². The average Bonchev–Trinajstić information content (AvgIpc) is 3.04. The number of fused-ring (bicyclic) bond motifs is 1. The Morgan fingerprint density at radius 2 is 1.90 bits per heavy atom. The lowest BCUT2D eigenvalue weighted by Gasteiger charge is -2.44. The zero-order chi connectivity index (χ0) is 23.0. The predicted molar refractivity (Wildman–Crippen MR) is 123 cm³/mol. The zero-order valence-corrected chi connectivity index (χ0v) is 19.9. The first-order valence-electron chi connectivity index (χ1n) is 12.2. The predicted octanol–water partition coefficient (Wildman–Crippen LogP) is 6.98. The standard InChI is InChI=1S/C27H42F2O2/c1-18(14-16-27(28,29)25(3,4)31)22-12-13-23-21(7-6-15-26(22,23)5)11-10-20-9-8-19(2)24(30)17-20/h10-11,18,22-24,30-31H,2,6-9,12-17H2,1,3-5H3/b20-10-,21-11+/t18?,22?,23?,24-,26-/m1/s1. The van der Waals surface area contributed by atoms with Crippen molar-refractivity contribution in [1.29, 1.82) is 0 Å². The summed E-state index contributed by atoms with van der Waals surface area (Å²) < 4.78 is 28.6. The maximum absolute atomic E-state index is 14.3. The van der Waals surface area contributed by atoms with Crippen LogP contribution in [0.2, 0.25) is 0 Å². The number of rotatable bonds is 6. The number of allylic oxidation sites excluding steroid dienone is 3. The molecule has 0 aromatic rings. The van der Waals surface area contributed by atoms with Crippen molar-refractivity contribution in [3.63, 3.8) is 0 Å². The minimum Gasteiger partial charge on any atom is -0.388 e. The summed E-state index contributed by atoms with van der Waals surface area (Å²) in [5.74, 6) is -1.85. The number of alkyl halides is 2. The van der Waals surface area contributed by atoms with Crippen LogP contribution in [0.1, 0.15) is 91.9 Å². The smallest absolute Gasteiger partial charge is 0.275 e. The van der Waals surface area contributed by atoms with E-state index in [9.17, 15) is 19.0 Å². The molecule has 3 fully saturated rings. The maximum Gasteiger partial charge on any atom is 0.275 e. The molecule has 31 heavy (non-hydrogen) atoms. The van der Waals surface area contributed by atoms with Crippen molar-refractivity contribution >= 4 is 0 Å². The Hall–Kier alpha value is -1.00. The Bertz CT molecular complexity index is 730. The minimum atomic E-state index is -3.06. The number of hydrogen-bond donors (Lipinski definition) is 2. The summed E-state index contributed by atoms with van der Waals surface area (Å²) >= 11 is 0. The first-order chi connectivity index (χ1) is 14.3. The van der Waals surface area contributed by atoms with Gasteiger partial charge in [0.05, 0.1) is 6.10 Å². The van der Waals surface area contributed by atoms with Gasteiger partial charge in [-0.3, -0.25) is 0 Å². The van der Waals surface area contributed by atoms with Gasteiger partial charge in [-0.05, 0) is 100 Å². The maximum atomic E-state index is 14.3. The molecule has 176 valence electrons. The summed E-state index contributed by atoms with van der Waals surface area (Å²) in [6.45, 7) is 10.9. The summed E-state index contributed by atoms with van der Waals surface area (Å²) in [4.78, 5) is 0. The Balaban J connectivity index is 1.68. The summed E-state index contributed by atoms with van der Waals surface area (Å²) in [7, 11) is 0. The lowest BCUT2D eigenvalue weighted by molar-refractivity contribution is -0.168. The first-order valence-corrected chi connectivity index (χ1v) is 12.2. The van der Waals surface area contributed by atoms with E-state index < -0.39 is 17.6 Å². The van der Waals surface area contributed by atoms with Crippen molar-refractivity contribution in [2.24, 2.45) is 23.2 Å². The van der Waals surface area contributed by atoms with E-state index in [1.807, 2.05) is 0 Å². The van der Waals surface area contributed by atoms with Crippen LogP contribution < -0.4 is 0 Å². The van der Waals surface area contributed by atoms with E-state index >= 15 is 0 Å². The highest BCUT2D eigenvalue weighted by Crippen LogP contribution is 2.60. The van der Waals surface area contributed by atoms with Crippen molar-refractivity contribution in [3.05, 3.63) is 35.5 Å². The van der Waals surface area contributed by atoms with E-state index in [2.05, 4.69) is 32.6 Å². The lowest BCUT2D eigenvalue weighted by Crippen LogP contribution is -2.43. The molecule has 0 heterocycles. The van der Waals surface area contributed by atoms with Crippen molar-refractivity contribution in [3.8, 4) is 0 Å². The normalized spacial score (nSPS) is 36.1. The fraction of sp³-hybridized carbons (Fsp3) is 0.778. The Morgan fingerprint density at radius 1 is 1.19 bits per heavy atom. The molecule has 0 spiro atoms. The molecule has 5 atom stereocenters. The highest BCUT2D eigenvalue weighted by Gasteiger charge is 2.51. The molecule has 0 amide bonds. The van der Waals surface area contributed by atoms with E-state index in [0.29, 0.717) is 24.7 Å². The topological polar surface area (TPSA) is 40.5 Å². The number of aliphatic hydroxyl groups is 2. The fourth-order valence-corrected chi connectivity index (χ4v) is 6.49. The van der Waals surface area contributed by atoms with Gasteiger partial charge >= 0.3 is 0 Å². The second-order valence-corrected chi connectivity index (χ2v) is 11.3. The molecule has 4 heteroatoms. The molecule has 0 aromatic heterocycles. The van der Waals surface area contributed by atoms with Crippen LogP contribution in [0, 0.1) is 23.2 Å². The number of aliphatic hydroxyl groups excluding tert-OH is 1. The van der Waals surface area contributed by atoms with Gasteiger partial charge in [-0.15, -0.1) is 0 Å². The van der Waals surface area contributed by atoms with Gasteiger partial charge in [0, 0.05) is 6.42 Å². The molecule has 0 aliphatic heterocycles. The van der Waals surface area contributed by atoms with Crippen LogP contribution in [-0.4, -0.2) is 27.8 Å². The van der Waals surface area contributed by atoms with Crippen LogP contribution in [0.5, 0.6) is 0 Å². The zero-order valence-electron chi connectivity index (χ0n) is 19.9. The van der Waals surface area contributed by atoms with Gasteiger partial charge in [0.25, 0.3) is 5.92 Å². The Kier molecular flexibility index (Phi) is 7.23. The number of hydrogen-bond acceptors (Lipinski definition) is 2. The van der Waals surface area contributed by atoms with Crippen molar-refractivity contribution in [2.75, 3.05) is 0 Å². The molecule has 3 aliphatic rings. The van der Waals surface area contributed by atoms with Gasteiger partial charge in [-0.25, -0.2) is 8.78 Å². The third kappa shape index (κ3) is 5.16. The summed E-state index contributed by atoms with van der Waals surface area (Å²) in [6.07, 6.45) is 12.6. The summed E-state index contributed by atoms with van der Waals surface area (Å²) in [5, 5.41) is 19.9. The number of halogens is 2. The molecule has 2 nitrogen and oxygen atoms in total.